The minimum absolute atomic E-state index is 0.0655. The Bertz CT molecular complexity index is 820. The van der Waals surface area contributed by atoms with Gasteiger partial charge in [-0.2, -0.15) is 0 Å². The van der Waals surface area contributed by atoms with Gasteiger partial charge >= 0.3 is 0 Å². The highest BCUT2D eigenvalue weighted by atomic mass is 35.5. The standard InChI is InChI=1S/C19H18Cl2N2O2S/c1-11(18(24)23-16-8-13(20)7-14(21)9-16)26-17-4-2-3-15(10-17)22-19(25)12-5-6-12/h2-4,7-12H,5-6H2,1H3,(H,22,25)(H,23,24). The smallest absolute Gasteiger partial charge is 0.237 e. The summed E-state index contributed by atoms with van der Waals surface area (Å²) in [6, 6.07) is 12.4. The first-order valence-electron chi connectivity index (χ1n) is 8.25. The molecule has 1 saturated carbocycles. The molecule has 0 spiro atoms. The van der Waals surface area contributed by atoms with Crippen molar-refractivity contribution in [2.24, 2.45) is 5.92 Å². The summed E-state index contributed by atoms with van der Waals surface area (Å²) in [4.78, 5) is 25.2. The van der Waals surface area contributed by atoms with Gasteiger partial charge in [-0.15, -0.1) is 11.8 Å². The summed E-state index contributed by atoms with van der Waals surface area (Å²) < 4.78 is 0. The van der Waals surface area contributed by atoms with E-state index in [4.69, 9.17) is 23.2 Å². The molecule has 1 fully saturated rings. The van der Waals surface area contributed by atoms with E-state index in [1.165, 1.54) is 11.8 Å². The van der Waals surface area contributed by atoms with Crippen molar-refractivity contribution in [3.05, 3.63) is 52.5 Å². The molecule has 2 N–H and O–H groups in total. The molecule has 2 aromatic rings. The molecule has 2 aromatic carbocycles. The first-order chi connectivity index (χ1) is 12.4. The normalized spacial score (nSPS) is 14.6. The van der Waals surface area contributed by atoms with Crippen LogP contribution in [0.1, 0.15) is 19.8 Å². The van der Waals surface area contributed by atoms with E-state index < -0.39 is 0 Å². The summed E-state index contributed by atoms with van der Waals surface area (Å²) in [5, 5.41) is 6.33. The van der Waals surface area contributed by atoms with Gasteiger partial charge in [-0.05, 0) is 56.2 Å². The van der Waals surface area contributed by atoms with Crippen LogP contribution in [0.15, 0.2) is 47.4 Å². The number of halogens is 2. The highest BCUT2D eigenvalue weighted by Gasteiger charge is 2.29. The van der Waals surface area contributed by atoms with E-state index in [-0.39, 0.29) is 23.0 Å². The van der Waals surface area contributed by atoms with Crippen molar-refractivity contribution in [1.82, 2.24) is 0 Å². The van der Waals surface area contributed by atoms with Gasteiger partial charge in [0, 0.05) is 32.2 Å². The molecule has 1 aliphatic carbocycles. The number of carbonyl (C=O) groups is 2. The fourth-order valence-electron chi connectivity index (χ4n) is 2.36. The van der Waals surface area contributed by atoms with Crippen LogP contribution in [0.25, 0.3) is 0 Å². The summed E-state index contributed by atoms with van der Waals surface area (Å²) in [6.45, 7) is 1.82. The maximum Gasteiger partial charge on any atom is 0.237 e. The van der Waals surface area contributed by atoms with Crippen molar-refractivity contribution in [2.45, 2.75) is 29.9 Å². The lowest BCUT2D eigenvalue weighted by Gasteiger charge is -2.13. The number of thioether (sulfide) groups is 1. The van der Waals surface area contributed by atoms with E-state index in [0.717, 1.165) is 23.4 Å². The topological polar surface area (TPSA) is 58.2 Å². The van der Waals surface area contributed by atoms with Gasteiger partial charge in [0.2, 0.25) is 11.8 Å². The Balaban J connectivity index is 1.60. The average Bonchev–Trinajstić information content (AvgIpc) is 3.39. The lowest BCUT2D eigenvalue weighted by atomic mass is 10.3. The number of benzene rings is 2. The van der Waals surface area contributed by atoms with Gasteiger partial charge in [-0.1, -0.05) is 29.3 Å². The molecule has 0 heterocycles. The van der Waals surface area contributed by atoms with Gasteiger partial charge in [0.1, 0.15) is 0 Å². The van der Waals surface area contributed by atoms with Crippen LogP contribution in [-0.2, 0) is 9.59 Å². The van der Waals surface area contributed by atoms with Crippen LogP contribution in [0.4, 0.5) is 11.4 Å². The summed E-state index contributed by atoms with van der Waals surface area (Å²) in [6.07, 6.45) is 1.93. The Labute approximate surface area is 166 Å². The second-order valence-corrected chi connectivity index (χ2v) is 8.49. The van der Waals surface area contributed by atoms with E-state index in [9.17, 15) is 9.59 Å². The molecule has 7 heteroatoms. The second kappa shape index (κ2) is 8.33. The van der Waals surface area contributed by atoms with Crippen molar-refractivity contribution in [2.75, 3.05) is 10.6 Å². The zero-order valence-corrected chi connectivity index (χ0v) is 16.4. The molecule has 0 radical (unpaired) electrons. The fraction of sp³-hybridized carbons (Fsp3) is 0.263. The van der Waals surface area contributed by atoms with Crippen molar-refractivity contribution in [3.8, 4) is 0 Å². The van der Waals surface area contributed by atoms with E-state index in [1.807, 2.05) is 31.2 Å². The fourth-order valence-corrected chi connectivity index (χ4v) is 3.82. The molecule has 0 aliphatic heterocycles. The van der Waals surface area contributed by atoms with Crippen molar-refractivity contribution in [3.63, 3.8) is 0 Å². The number of nitrogens with one attached hydrogen (secondary N) is 2. The highest BCUT2D eigenvalue weighted by Crippen LogP contribution is 2.31. The number of rotatable bonds is 6. The molecule has 1 aliphatic rings. The molecule has 2 amide bonds. The third-order valence-electron chi connectivity index (χ3n) is 3.86. The Morgan fingerprint density at radius 3 is 2.38 bits per heavy atom. The second-order valence-electron chi connectivity index (χ2n) is 6.20. The molecule has 26 heavy (non-hydrogen) atoms. The number of carbonyl (C=O) groups excluding carboxylic acids is 2. The first kappa shape index (κ1) is 19.1. The SMILES string of the molecule is CC(Sc1cccc(NC(=O)C2CC2)c1)C(=O)Nc1cc(Cl)cc(Cl)c1. The van der Waals surface area contributed by atoms with Crippen LogP contribution in [0.3, 0.4) is 0 Å². The van der Waals surface area contributed by atoms with Crippen LogP contribution < -0.4 is 10.6 Å². The van der Waals surface area contributed by atoms with E-state index in [0.29, 0.717) is 15.7 Å². The molecule has 0 aromatic heterocycles. The van der Waals surface area contributed by atoms with Crippen LogP contribution in [0.5, 0.6) is 0 Å². The third-order valence-corrected chi connectivity index (χ3v) is 5.39. The van der Waals surface area contributed by atoms with Crippen molar-refractivity contribution in [1.29, 1.82) is 0 Å². The van der Waals surface area contributed by atoms with Crippen LogP contribution in [0, 0.1) is 5.92 Å². The van der Waals surface area contributed by atoms with E-state index in [2.05, 4.69) is 10.6 Å². The zero-order chi connectivity index (χ0) is 18.7. The van der Waals surface area contributed by atoms with Gasteiger partial charge in [-0.3, -0.25) is 9.59 Å². The minimum atomic E-state index is -0.331. The molecule has 0 saturated heterocycles. The van der Waals surface area contributed by atoms with Crippen molar-refractivity contribution < 1.29 is 9.59 Å². The number of hydrogen-bond donors (Lipinski definition) is 2. The maximum atomic E-state index is 12.4. The lowest BCUT2D eigenvalue weighted by Crippen LogP contribution is -2.22. The number of hydrogen-bond acceptors (Lipinski definition) is 3. The van der Waals surface area contributed by atoms with Crippen LogP contribution in [-0.4, -0.2) is 17.1 Å². The predicted octanol–water partition coefficient (Wildman–Crippen LogP) is 5.46. The van der Waals surface area contributed by atoms with Gasteiger partial charge in [0.15, 0.2) is 0 Å². The highest BCUT2D eigenvalue weighted by molar-refractivity contribution is 8.00. The van der Waals surface area contributed by atoms with Gasteiger partial charge in [-0.25, -0.2) is 0 Å². The van der Waals surface area contributed by atoms with Gasteiger partial charge in [0.05, 0.1) is 5.25 Å². The monoisotopic (exact) mass is 408 g/mol. The maximum absolute atomic E-state index is 12.4. The number of anilines is 2. The molecule has 136 valence electrons. The van der Waals surface area contributed by atoms with Crippen molar-refractivity contribution >= 4 is 58.2 Å². The molecule has 1 unspecified atom stereocenters. The Hall–Kier alpha value is -1.69. The molecule has 3 rings (SSSR count). The summed E-state index contributed by atoms with van der Waals surface area (Å²) in [7, 11) is 0. The number of amides is 2. The third kappa shape index (κ3) is 5.40. The Kier molecular flexibility index (Phi) is 6.12. The predicted molar refractivity (Wildman–Crippen MR) is 108 cm³/mol. The quantitative estimate of drug-likeness (QED) is 0.623. The van der Waals surface area contributed by atoms with Crippen LogP contribution in [0.2, 0.25) is 10.0 Å². The summed E-state index contributed by atoms with van der Waals surface area (Å²) in [5.74, 6) is 0.0667. The minimum Gasteiger partial charge on any atom is -0.326 e. The zero-order valence-electron chi connectivity index (χ0n) is 14.1. The summed E-state index contributed by atoms with van der Waals surface area (Å²) in [5.41, 5.74) is 1.31. The van der Waals surface area contributed by atoms with E-state index in [1.54, 1.807) is 18.2 Å². The first-order valence-corrected chi connectivity index (χ1v) is 9.89. The Morgan fingerprint density at radius 2 is 1.73 bits per heavy atom. The average molecular weight is 409 g/mol. The Morgan fingerprint density at radius 1 is 1.04 bits per heavy atom. The summed E-state index contributed by atoms with van der Waals surface area (Å²) >= 11 is 13.3. The van der Waals surface area contributed by atoms with Crippen LogP contribution >= 0.6 is 35.0 Å². The van der Waals surface area contributed by atoms with Gasteiger partial charge < -0.3 is 10.6 Å². The lowest BCUT2D eigenvalue weighted by molar-refractivity contribution is -0.117. The molecule has 0 bridgehead atoms. The van der Waals surface area contributed by atoms with Gasteiger partial charge in [0.25, 0.3) is 0 Å². The molecule has 4 nitrogen and oxygen atoms in total. The van der Waals surface area contributed by atoms with E-state index >= 15 is 0 Å². The molecular formula is C19H18Cl2N2O2S. The molecular weight excluding hydrogens is 391 g/mol. The largest absolute Gasteiger partial charge is 0.326 e. The molecule has 1 atom stereocenters.